The molecule has 8 heteroatoms. The van der Waals surface area contributed by atoms with E-state index in [1.54, 1.807) is 18.2 Å². The molecule has 1 aromatic heterocycles. The summed E-state index contributed by atoms with van der Waals surface area (Å²) in [6.45, 7) is 0.457. The molecule has 1 heterocycles. The smallest absolute Gasteiger partial charge is 0.357 e. The van der Waals surface area contributed by atoms with E-state index in [2.05, 4.69) is 9.71 Å². The van der Waals surface area contributed by atoms with Crippen LogP contribution in [-0.4, -0.2) is 39.1 Å². The normalized spacial score (nSPS) is 20.8. The summed E-state index contributed by atoms with van der Waals surface area (Å²) in [7, 11) is -2.50. The topological polar surface area (TPSA) is 111 Å². The van der Waals surface area contributed by atoms with Crippen molar-refractivity contribution in [2.75, 3.05) is 13.7 Å². The van der Waals surface area contributed by atoms with Gasteiger partial charge in [0.05, 0.1) is 12.0 Å². The monoisotopic (exact) mass is 377 g/mol. The molecular weight excluding hydrogens is 354 g/mol. The van der Waals surface area contributed by atoms with Crippen molar-refractivity contribution in [2.24, 2.45) is 11.7 Å². The average Bonchev–Trinajstić information content (AvgIpc) is 2.66. The van der Waals surface area contributed by atoms with Gasteiger partial charge in [-0.1, -0.05) is 25.0 Å². The van der Waals surface area contributed by atoms with E-state index >= 15 is 0 Å². The third-order valence-electron chi connectivity index (χ3n) is 4.95. The van der Waals surface area contributed by atoms with Gasteiger partial charge < -0.3 is 10.5 Å². The number of carbonyl (C=O) groups excluding carboxylic acids is 1. The molecule has 140 valence electrons. The van der Waals surface area contributed by atoms with Gasteiger partial charge in [-0.3, -0.25) is 0 Å². The van der Waals surface area contributed by atoms with Crippen LogP contribution in [0.1, 0.15) is 36.2 Å². The van der Waals surface area contributed by atoms with Crippen LogP contribution in [-0.2, 0) is 14.8 Å². The Hall–Kier alpha value is -2.03. The first-order valence-electron chi connectivity index (χ1n) is 8.66. The van der Waals surface area contributed by atoms with Crippen LogP contribution in [0.25, 0.3) is 10.8 Å². The maximum Gasteiger partial charge on any atom is 0.357 e. The van der Waals surface area contributed by atoms with E-state index in [0.717, 1.165) is 25.7 Å². The number of nitrogens with two attached hydrogens (primary N) is 1. The molecule has 2 atom stereocenters. The second-order valence-corrected chi connectivity index (χ2v) is 8.19. The van der Waals surface area contributed by atoms with Gasteiger partial charge >= 0.3 is 5.97 Å². The molecule has 0 aliphatic heterocycles. The molecule has 3 rings (SSSR count). The van der Waals surface area contributed by atoms with Crippen LogP contribution in [0.3, 0.4) is 0 Å². The van der Waals surface area contributed by atoms with Gasteiger partial charge in [0, 0.05) is 23.0 Å². The number of fused-ring (bicyclic) bond motifs is 1. The van der Waals surface area contributed by atoms with Crippen molar-refractivity contribution in [3.05, 3.63) is 36.2 Å². The molecule has 0 spiro atoms. The van der Waals surface area contributed by atoms with Crippen LogP contribution in [0.15, 0.2) is 35.4 Å². The number of methoxy groups -OCH3 is 1. The standard InChI is InChI=1S/C18H23N3O4S/c1-25-18(22)17-14-6-4-8-16(13(14)9-10-20-17)26(23,24)21-15-7-3-2-5-12(15)11-19/h4,6,8-10,12,15,21H,2-3,5,7,11,19H2,1H3. The zero-order valence-corrected chi connectivity index (χ0v) is 15.5. The number of esters is 1. The molecule has 2 unspecified atom stereocenters. The highest BCUT2D eigenvalue weighted by Crippen LogP contribution is 2.28. The van der Waals surface area contributed by atoms with Gasteiger partial charge in [-0.2, -0.15) is 0 Å². The molecule has 1 saturated carbocycles. The van der Waals surface area contributed by atoms with Gasteiger partial charge in [0.1, 0.15) is 0 Å². The highest BCUT2D eigenvalue weighted by Gasteiger charge is 2.29. The number of hydrogen-bond donors (Lipinski definition) is 2. The summed E-state index contributed by atoms with van der Waals surface area (Å²) in [5, 5.41) is 0.886. The van der Waals surface area contributed by atoms with E-state index < -0.39 is 16.0 Å². The quantitative estimate of drug-likeness (QED) is 0.769. The fraction of sp³-hybridized carbons (Fsp3) is 0.444. The van der Waals surface area contributed by atoms with Crippen molar-refractivity contribution >= 4 is 26.8 Å². The fourth-order valence-corrected chi connectivity index (χ4v) is 5.14. The van der Waals surface area contributed by atoms with Crippen LogP contribution < -0.4 is 10.5 Å². The Labute approximate surface area is 153 Å². The molecule has 2 aromatic rings. The van der Waals surface area contributed by atoms with Gasteiger partial charge in [0.2, 0.25) is 10.0 Å². The molecule has 1 aromatic carbocycles. The van der Waals surface area contributed by atoms with Crippen molar-refractivity contribution < 1.29 is 17.9 Å². The zero-order valence-electron chi connectivity index (χ0n) is 14.6. The van der Waals surface area contributed by atoms with Crippen LogP contribution in [0.4, 0.5) is 0 Å². The lowest BCUT2D eigenvalue weighted by atomic mass is 9.85. The van der Waals surface area contributed by atoms with Gasteiger partial charge in [0.25, 0.3) is 0 Å². The third kappa shape index (κ3) is 3.58. The lowest BCUT2D eigenvalue weighted by Crippen LogP contribution is -2.44. The molecule has 0 radical (unpaired) electrons. The van der Waals surface area contributed by atoms with Crippen LogP contribution in [0.5, 0.6) is 0 Å². The molecule has 1 aliphatic rings. The minimum Gasteiger partial charge on any atom is -0.464 e. The van der Waals surface area contributed by atoms with E-state index in [0.29, 0.717) is 17.3 Å². The summed E-state index contributed by atoms with van der Waals surface area (Å²) in [4.78, 5) is 16.1. The lowest BCUT2D eigenvalue weighted by Gasteiger charge is -2.31. The highest BCUT2D eigenvalue weighted by molar-refractivity contribution is 7.89. The summed E-state index contributed by atoms with van der Waals surface area (Å²) < 4.78 is 33.6. The second-order valence-electron chi connectivity index (χ2n) is 6.51. The number of rotatable bonds is 5. The van der Waals surface area contributed by atoms with Crippen LogP contribution in [0, 0.1) is 5.92 Å². The highest BCUT2D eigenvalue weighted by atomic mass is 32.2. The van der Waals surface area contributed by atoms with Gasteiger partial charge in [0.15, 0.2) is 5.69 Å². The first kappa shape index (κ1) is 18.8. The molecule has 0 bridgehead atoms. The molecule has 0 amide bonds. The number of ether oxygens (including phenoxy) is 1. The second kappa shape index (κ2) is 7.69. The summed E-state index contributed by atoms with van der Waals surface area (Å²) in [5.74, 6) is -0.464. The van der Waals surface area contributed by atoms with Crippen LogP contribution >= 0.6 is 0 Å². The van der Waals surface area contributed by atoms with Gasteiger partial charge in [-0.05, 0) is 37.4 Å². The van der Waals surface area contributed by atoms with Crippen molar-refractivity contribution in [2.45, 2.75) is 36.6 Å². The minimum absolute atomic E-state index is 0.0968. The van der Waals surface area contributed by atoms with Crippen molar-refractivity contribution in [3.63, 3.8) is 0 Å². The Bertz CT molecular complexity index is 914. The van der Waals surface area contributed by atoms with Crippen molar-refractivity contribution in [3.8, 4) is 0 Å². The van der Waals surface area contributed by atoms with Crippen molar-refractivity contribution in [1.82, 2.24) is 9.71 Å². The predicted octanol–water partition coefficient (Wildman–Crippen LogP) is 1.82. The maximum atomic E-state index is 13.0. The number of nitrogens with one attached hydrogen (secondary N) is 1. The number of pyridine rings is 1. The molecule has 1 aliphatic carbocycles. The summed E-state index contributed by atoms with van der Waals surface area (Å²) in [6, 6.07) is 6.23. The Kier molecular flexibility index (Phi) is 5.55. The van der Waals surface area contributed by atoms with E-state index in [-0.39, 0.29) is 22.5 Å². The molecule has 1 fully saturated rings. The van der Waals surface area contributed by atoms with Crippen molar-refractivity contribution in [1.29, 1.82) is 0 Å². The van der Waals surface area contributed by atoms with Gasteiger partial charge in [-0.25, -0.2) is 22.9 Å². The van der Waals surface area contributed by atoms with Crippen LogP contribution in [0.2, 0.25) is 0 Å². The number of benzene rings is 1. The largest absolute Gasteiger partial charge is 0.464 e. The third-order valence-corrected chi connectivity index (χ3v) is 6.50. The van der Waals surface area contributed by atoms with E-state index in [1.165, 1.54) is 19.4 Å². The van der Waals surface area contributed by atoms with E-state index in [4.69, 9.17) is 10.5 Å². The molecule has 26 heavy (non-hydrogen) atoms. The number of carbonyl (C=O) groups is 1. The first-order chi connectivity index (χ1) is 12.5. The van der Waals surface area contributed by atoms with E-state index in [1.807, 2.05) is 0 Å². The SMILES string of the molecule is COC(=O)c1nccc2c(S(=O)(=O)NC3CCCCC3CN)cccc12. The fourth-order valence-electron chi connectivity index (χ4n) is 3.58. The molecule has 3 N–H and O–H groups in total. The lowest BCUT2D eigenvalue weighted by molar-refractivity contribution is 0.0596. The molecule has 0 saturated heterocycles. The Morgan fingerprint density at radius 2 is 2.04 bits per heavy atom. The average molecular weight is 377 g/mol. The molecular formula is C18H23N3O4S. The van der Waals surface area contributed by atoms with E-state index in [9.17, 15) is 13.2 Å². The summed E-state index contributed by atoms with van der Waals surface area (Å²) in [6.07, 6.45) is 5.17. The Balaban J connectivity index is 2.02. The summed E-state index contributed by atoms with van der Waals surface area (Å²) >= 11 is 0. The maximum absolute atomic E-state index is 13.0. The molecule has 7 nitrogen and oxygen atoms in total. The predicted molar refractivity (Wildman–Crippen MR) is 98.2 cm³/mol. The summed E-state index contributed by atoms with van der Waals surface area (Å²) in [5.41, 5.74) is 5.91. The van der Waals surface area contributed by atoms with Gasteiger partial charge in [-0.15, -0.1) is 0 Å². The number of sulfonamides is 1. The number of nitrogens with zero attached hydrogens (tertiary/aromatic N) is 1. The minimum atomic E-state index is -3.76. The Morgan fingerprint density at radius 3 is 2.77 bits per heavy atom. The number of hydrogen-bond acceptors (Lipinski definition) is 6. The Morgan fingerprint density at radius 1 is 1.27 bits per heavy atom. The number of aromatic nitrogens is 1. The first-order valence-corrected chi connectivity index (χ1v) is 10.1. The zero-order chi connectivity index (χ0) is 18.7.